The van der Waals surface area contributed by atoms with Crippen molar-refractivity contribution in [2.75, 3.05) is 6.54 Å². The van der Waals surface area contributed by atoms with Gasteiger partial charge in [-0.1, -0.05) is 13.3 Å². The van der Waals surface area contributed by atoms with Crippen LogP contribution in [0.25, 0.3) is 0 Å². The first-order valence-electron chi connectivity index (χ1n) is 4.49. The Morgan fingerprint density at radius 2 is 2.27 bits per heavy atom. The fourth-order valence-electron chi connectivity index (χ4n) is 1.95. The number of hydrogen-bond acceptors (Lipinski definition) is 2. The van der Waals surface area contributed by atoms with Gasteiger partial charge in [-0.2, -0.15) is 0 Å². The third kappa shape index (κ3) is 2.03. The van der Waals surface area contributed by atoms with Crippen LogP contribution in [0, 0.1) is 5.92 Å². The molecule has 11 heavy (non-hydrogen) atoms. The maximum absolute atomic E-state index is 11.1. The van der Waals surface area contributed by atoms with Gasteiger partial charge in [-0.25, -0.2) is 0 Å². The Hall–Kier alpha value is -0.370. The van der Waals surface area contributed by atoms with Crippen LogP contribution in [0.4, 0.5) is 0 Å². The van der Waals surface area contributed by atoms with Crippen molar-refractivity contribution in [3.63, 3.8) is 0 Å². The number of Topliss-reactive ketones (excluding diaryl/α,β-unsaturated/α-hetero) is 1. The first-order valence-corrected chi connectivity index (χ1v) is 4.49. The lowest BCUT2D eigenvalue weighted by Gasteiger charge is -2.16. The zero-order chi connectivity index (χ0) is 8.27. The van der Waals surface area contributed by atoms with E-state index in [2.05, 4.69) is 12.2 Å². The number of ketones is 1. The molecular formula is C9H17NO. The zero-order valence-corrected chi connectivity index (χ0v) is 7.39. The van der Waals surface area contributed by atoms with Crippen LogP contribution in [0.3, 0.4) is 0 Å². The molecule has 1 rings (SSSR count). The Bertz CT molecular complexity index is 144. The van der Waals surface area contributed by atoms with Gasteiger partial charge in [0.1, 0.15) is 5.78 Å². The number of nitrogens with one attached hydrogen (secondary N) is 1. The van der Waals surface area contributed by atoms with Gasteiger partial charge in [0.25, 0.3) is 0 Å². The molecule has 1 aliphatic rings. The second-order valence-corrected chi connectivity index (χ2v) is 3.31. The maximum Gasteiger partial charge on any atom is 0.134 e. The summed E-state index contributed by atoms with van der Waals surface area (Å²) in [5, 5.41) is 3.36. The Morgan fingerprint density at radius 1 is 1.55 bits per heavy atom. The summed E-state index contributed by atoms with van der Waals surface area (Å²) in [5.41, 5.74) is 0. The van der Waals surface area contributed by atoms with Gasteiger partial charge < -0.3 is 5.32 Å². The molecule has 0 aliphatic heterocycles. The Labute approximate surface area is 68.4 Å². The Morgan fingerprint density at radius 3 is 2.82 bits per heavy atom. The summed E-state index contributed by atoms with van der Waals surface area (Å²) in [7, 11) is 0. The summed E-state index contributed by atoms with van der Waals surface area (Å²) in [6.45, 7) is 4.78. The fraction of sp³-hybridized carbons (Fsp3) is 0.889. The van der Waals surface area contributed by atoms with Gasteiger partial charge >= 0.3 is 0 Å². The van der Waals surface area contributed by atoms with E-state index in [0.29, 0.717) is 17.7 Å². The molecule has 0 aromatic carbocycles. The summed E-state index contributed by atoms with van der Waals surface area (Å²) < 4.78 is 0. The lowest BCUT2D eigenvalue weighted by atomic mass is 9.99. The smallest absolute Gasteiger partial charge is 0.134 e. The lowest BCUT2D eigenvalue weighted by Crippen LogP contribution is -2.35. The van der Waals surface area contributed by atoms with Crippen molar-refractivity contribution < 1.29 is 4.79 Å². The minimum Gasteiger partial charge on any atom is -0.314 e. The molecule has 0 bridgehead atoms. The van der Waals surface area contributed by atoms with Crippen LogP contribution in [-0.2, 0) is 4.79 Å². The summed E-state index contributed by atoms with van der Waals surface area (Å²) >= 11 is 0. The van der Waals surface area contributed by atoms with E-state index in [4.69, 9.17) is 0 Å². The highest BCUT2D eigenvalue weighted by Gasteiger charge is 2.29. The summed E-state index contributed by atoms with van der Waals surface area (Å²) in [4.78, 5) is 11.1. The van der Waals surface area contributed by atoms with E-state index in [-0.39, 0.29) is 0 Å². The van der Waals surface area contributed by atoms with Crippen LogP contribution in [0.5, 0.6) is 0 Å². The van der Waals surface area contributed by atoms with Gasteiger partial charge in [0.05, 0.1) is 0 Å². The maximum atomic E-state index is 11.1. The van der Waals surface area contributed by atoms with E-state index in [1.54, 1.807) is 6.92 Å². The van der Waals surface area contributed by atoms with Crippen molar-refractivity contribution in [2.45, 2.75) is 39.2 Å². The molecule has 1 saturated carbocycles. The van der Waals surface area contributed by atoms with Crippen LogP contribution in [0.1, 0.15) is 33.1 Å². The lowest BCUT2D eigenvalue weighted by molar-refractivity contribution is -0.121. The van der Waals surface area contributed by atoms with Crippen LogP contribution >= 0.6 is 0 Å². The topological polar surface area (TPSA) is 29.1 Å². The number of carbonyl (C=O) groups is 1. The third-order valence-electron chi connectivity index (χ3n) is 2.50. The highest BCUT2D eigenvalue weighted by Crippen LogP contribution is 2.25. The zero-order valence-electron chi connectivity index (χ0n) is 7.39. The minimum atomic E-state index is 0.301. The van der Waals surface area contributed by atoms with Crippen LogP contribution in [0.15, 0.2) is 0 Å². The predicted octanol–water partition coefficient (Wildman–Crippen LogP) is 1.35. The highest BCUT2D eigenvalue weighted by molar-refractivity contribution is 5.79. The van der Waals surface area contributed by atoms with E-state index < -0.39 is 0 Å². The fourth-order valence-corrected chi connectivity index (χ4v) is 1.95. The van der Waals surface area contributed by atoms with Crippen molar-refractivity contribution in [3.8, 4) is 0 Å². The van der Waals surface area contributed by atoms with E-state index in [1.807, 2.05) is 0 Å². The van der Waals surface area contributed by atoms with Crippen LogP contribution in [-0.4, -0.2) is 18.4 Å². The molecule has 0 heterocycles. The average molecular weight is 155 g/mol. The van der Waals surface area contributed by atoms with Gasteiger partial charge in [-0.05, 0) is 26.3 Å². The van der Waals surface area contributed by atoms with E-state index >= 15 is 0 Å². The quantitative estimate of drug-likeness (QED) is 0.666. The molecule has 0 spiro atoms. The molecule has 0 amide bonds. The monoisotopic (exact) mass is 155 g/mol. The molecule has 2 heteroatoms. The van der Waals surface area contributed by atoms with Gasteiger partial charge in [0.15, 0.2) is 0 Å². The SMILES string of the molecule is CCN[C@H]1CCC[C@@H]1C(C)=O. The number of hydrogen-bond donors (Lipinski definition) is 1. The largest absolute Gasteiger partial charge is 0.314 e. The first-order chi connectivity index (χ1) is 5.25. The molecule has 1 N–H and O–H groups in total. The second-order valence-electron chi connectivity index (χ2n) is 3.31. The average Bonchev–Trinajstić information content (AvgIpc) is 2.36. The van der Waals surface area contributed by atoms with Crippen molar-refractivity contribution in [1.29, 1.82) is 0 Å². The van der Waals surface area contributed by atoms with Crippen LogP contribution in [0.2, 0.25) is 0 Å². The molecule has 1 fully saturated rings. The highest BCUT2D eigenvalue weighted by atomic mass is 16.1. The molecule has 1 aliphatic carbocycles. The number of rotatable bonds is 3. The third-order valence-corrected chi connectivity index (χ3v) is 2.50. The summed E-state index contributed by atoms with van der Waals surface area (Å²) in [5.74, 6) is 0.656. The van der Waals surface area contributed by atoms with Gasteiger partial charge in [0, 0.05) is 12.0 Å². The van der Waals surface area contributed by atoms with Crippen molar-refractivity contribution >= 4 is 5.78 Å². The molecule has 0 unspecified atom stereocenters. The normalized spacial score (nSPS) is 30.7. The van der Waals surface area contributed by atoms with Crippen molar-refractivity contribution in [2.24, 2.45) is 5.92 Å². The van der Waals surface area contributed by atoms with Gasteiger partial charge in [0.2, 0.25) is 0 Å². The molecule has 64 valence electrons. The molecule has 2 nitrogen and oxygen atoms in total. The van der Waals surface area contributed by atoms with Crippen molar-refractivity contribution in [1.82, 2.24) is 5.32 Å². The van der Waals surface area contributed by atoms with Gasteiger partial charge in [-0.3, -0.25) is 4.79 Å². The second kappa shape index (κ2) is 3.86. The van der Waals surface area contributed by atoms with Crippen LogP contribution < -0.4 is 5.32 Å². The first kappa shape index (κ1) is 8.72. The minimum absolute atomic E-state index is 0.301. The van der Waals surface area contributed by atoms with Crippen molar-refractivity contribution in [3.05, 3.63) is 0 Å². The molecule has 0 radical (unpaired) electrons. The Kier molecular flexibility index (Phi) is 3.06. The Balaban J connectivity index is 2.44. The standard InChI is InChI=1S/C9H17NO/c1-3-10-9-6-4-5-8(9)7(2)11/h8-10H,3-6H2,1-2H3/t8-,9+/m1/s1. The number of carbonyl (C=O) groups excluding carboxylic acids is 1. The summed E-state index contributed by atoms with van der Waals surface area (Å²) in [6.07, 6.45) is 3.48. The van der Waals surface area contributed by atoms with E-state index in [9.17, 15) is 4.79 Å². The van der Waals surface area contributed by atoms with Gasteiger partial charge in [-0.15, -0.1) is 0 Å². The molecule has 2 atom stereocenters. The van der Waals surface area contributed by atoms with E-state index in [0.717, 1.165) is 13.0 Å². The predicted molar refractivity (Wildman–Crippen MR) is 45.5 cm³/mol. The molecular weight excluding hydrogens is 138 g/mol. The molecule has 0 aromatic rings. The van der Waals surface area contributed by atoms with E-state index in [1.165, 1.54) is 12.8 Å². The molecule has 0 aromatic heterocycles. The molecule has 0 saturated heterocycles. The summed E-state index contributed by atoms with van der Waals surface area (Å²) in [6, 6.07) is 0.470.